The molecular weight excluding hydrogens is 244 g/mol. The number of hydrogen-bond donors (Lipinski definition) is 2. The van der Waals surface area contributed by atoms with Crippen LogP contribution >= 0.6 is 0 Å². The molecular formula is C14H20N2O3. The Kier molecular flexibility index (Phi) is 4.74. The summed E-state index contributed by atoms with van der Waals surface area (Å²) in [7, 11) is 0. The zero-order valence-corrected chi connectivity index (χ0v) is 11.2. The molecule has 0 atom stereocenters. The number of nitrogens with zero attached hydrogens (tertiary/aromatic N) is 1. The number of ether oxygens (including phenoxy) is 1. The number of carbonyl (C=O) groups is 1. The van der Waals surface area contributed by atoms with Crippen LogP contribution in [-0.4, -0.2) is 35.8 Å². The Labute approximate surface area is 113 Å². The molecule has 0 unspecified atom stereocenters. The van der Waals surface area contributed by atoms with Gasteiger partial charge >= 0.3 is 5.97 Å². The minimum Gasteiger partial charge on any atom is -0.478 e. The fraction of sp³-hybridized carbons (Fsp3) is 0.571. The van der Waals surface area contributed by atoms with E-state index in [1.54, 1.807) is 12.1 Å². The van der Waals surface area contributed by atoms with Gasteiger partial charge in [0.05, 0.1) is 5.56 Å². The highest BCUT2D eigenvalue weighted by Gasteiger charge is 2.14. The van der Waals surface area contributed by atoms with Gasteiger partial charge in [0.25, 0.3) is 0 Å². The van der Waals surface area contributed by atoms with Crippen LogP contribution in [0.5, 0.6) is 0 Å². The van der Waals surface area contributed by atoms with E-state index in [0.717, 1.165) is 44.7 Å². The van der Waals surface area contributed by atoms with Gasteiger partial charge in [-0.3, -0.25) is 0 Å². The average molecular weight is 264 g/mol. The fourth-order valence-electron chi connectivity index (χ4n) is 2.18. The smallest absolute Gasteiger partial charge is 0.335 e. The second kappa shape index (κ2) is 6.52. The van der Waals surface area contributed by atoms with E-state index >= 15 is 0 Å². The molecule has 0 spiro atoms. The summed E-state index contributed by atoms with van der Waals surface area (Å²) in [5.74, 6) is 0.323. The number of carboxylic acid groups (broad SMARTS) is 1. The van der Waals surface area contributed by atoms with E-state index in [9.17, 15) is 4.79 Å². The normalized spacial score (nSPS) is 16.3. The molecule has 1 aliphatic rings. The van der Waals surface area contributed by atoms with Crippen molar-refractivity contribution in [1.82, 2.24) is 4.98 Å². The molecule has 5 heteroatoms. The topological polar surface area (TPSA) is 71.5 Å². The number of aryl methyl sites for hydroxylation is 1. The third kappa shape index (κ3) is 3.92. The zero-order chi connectivity index (χ0) is 13.7. The van der Waals surface area contributed by atoms with Crippen LogP contribution in [-0.2, 0) is 11.2 Å². The monoisotopic (exact) mass is 264 g/mol. The molecule has 104 valence electrons. The van der Waals surface area contributed by atoms with Crippen molar-refractivity contribution in [3.8, 4) is 0 Å². The van der Waals surface area contributed by atoms with Crippen LogP contribution < -0.4 is 5.32 Å². The maximum atomic E-state index is 11.1. The number of carboxylic acids is 1. The van der Waals surface area contributed by atoms with Crippen LogP contribution in [0.15, 0.2) is 12.1 Å². The highest BCUT2D eigenvalue weighted by atomic mass is 16.5. The SMILES string of the molecule is CCc1cc(C(=O)O)cc(NCC2CCOCC2)n1. The lowest BCUT2D eigenvalue weighted by atomic mass is 10.0. The lowest BCUT2D eigenvalue weighted by Gasteiger charge is -2.22. The molecule has 2 N–H and O–H groups in total. The predicted molar refractivity (Wildman–Crippen MR) is 72.6 cm³/mol. The molecule has 1 fully saturated rings. The molecule has 0 bridgehead atoms. The van der Waals surface area contributed by atoms with Gasteiger partial charge in [-0.2, -0.15) is 0 Å². The lowest BCUT2D eigenvalue weighted by molar-refractivity contribution is 0.0696. The molecule has 1 aromatic rings. The Bertz CT molecular complexity index is 442. The van der Waals surface area contributed by atoms with E-state index in [4.69, 9.17) is 9.84 Å². The summed E-state index contributed by atoms with van der Waals surface area (Å²) in [5.41, 5.74) is 1.09. The predicted octanol–water partition coefficient (Wildman–Crippen LogP) is 2.18. The summed E-state index contributed by atoms with van der Waals surface area (Å²) in [6.07, 6.45) is 2.82. The van der Waals surface area contributed by atoms with Gasteiger partial charge in [-0.05, 0) is 37.3 Å². The summed E-state index contributed by atoms with van der Waals surface area (Å²) in [4.78, 5) is 15.5. The average Bonchev–Trinajstić information content (AvgIpc) is 2.45. The third-order valence-electron chi connectivity index (χ3n) is 3.40. The minimum absolute atomic E-state index is 0.293. The molecule has 2 heterocycles. The van der Waals surface area contributed by atoms with E-state index in [1.807, 2.05) is 6.92 Å². The van der Waals surface area contributed by atoms with Crippen molar-refractivity contribution in [2.24, 2.45) is 5.92 Å². The Morgan fingerprint density at radius 3 is 2.84 bits per heavy atom. The van der Waals surface area contributed by atoms with Crippen LogP contribution in [0, 0.1) is 5.92 Å². The minimum atomic E-state index is -0.911. The Morgan fingerprint density at radius 2 is 2.21 bits per heavy atom. The van der Waals surface area contributed by atoms with Crippen molar-refractivity contribution in [2.45, 2.75) is 26.2 Å². The summed E-state index contributed by atoms with van der Waals surface area (Å²) in [6.45, 7) is 4.42. The first-order valence-electron chi connectivity index (χ1n) is 6.75. The van der Waals surface area contributed by atoms with E-state index in [-0.39, 0.29) is 0 Å². The molecule has 5 nitrogen and oxygen atoms in total. The van der Waals surface area contributed by atoms with Gasteiger partial charge in [-0.15, -0.1) is 0 Å². The van der Waals surface area contributed by atoms with Gasteiger partial charge in [0, 0.05) is 25.5 Å². The van der Waals surface area contributed by atoms with Crippen LogP contribution in [0.3, 0.4) is 0 Å². The molecule has 1 aliphatic heterocycles. The van der Waals surface area contributed by atoms with Gasteiger partial charge in [0.2, 0.25) is 0 Å². The first-order chi connectivity index (χ1) is 9.19. The van der Waals surface area contributed by atoms with Gasteiger partial charge in [-0.25, -0.2) is 9.78 Å². The summed E-state index contributed by atoms with van der Waals surface area (Å²) in [6, 6.07) is 3.22. The Balaban J connectivity index is 2.02. The summed E-state index contributed by atoms with van der Waals surface area (Å²) >= 11 is 0. The zero-order valence-electron chi connectivity index (χ0n) is 11.2. The molecule has 0 saturated carbocycles. The van der Waals surface area contributed by atoms with Crippen LogP contribution in [0.1, 0.15) is 35.8 Å². The largest absolute Gasteiger partial charge is 0.478 e. The van der Waals surface area contributed by atoms with Crippen molar-refractivity contribution in [1.29, 1.82) is 0 Å². The second-order valence-corrected chi connectivity index (χ2v) is 4.83. The van der Waals surface area contributed by atoms with Crippen molar-refractivity contribution >= 4 is 11.8 Å². The first-order valence-corrected chi connectivity index (χ1v) is 6.75. The number of aromatic nitrogens is 1. The summed E-state index contributed by atoms with van der Waals surface area (Å²) in [5, 5.41) is 12.3. The van der Waals surface area contributed by atoms with Gasteiger partial charge in [-0.1, -0.05) is 6.92 Å². The van der Waals surface area contributed by atoms with E-state index < -0.39 is 5.97 Å². The van der Waals surface area contributed by atoms with E-state index in [1.165, 1.54) is 0 Å². The Hall–Kier alpha value is -1.62. The number of pyridine rings is 1. The summed E-state index contributed by atoms with van der Waals surface area (Å²) < 4.78 is 5.32. The number of anilines is 1. The maximum absolute atomic E-state index is 11.1. The molecule has 19 heavy (non-hydrogen) atoms. The molecule has 0 radical (unpaired) electrons. The Morgan fingerprint density at radius 1 is 1.47 bits per heavy atom. The molecule has 0 aliphatic carbocycles. The van der Waals surface area contributed by atoms with Crippen molar-refractivity contribution in [3.05, 3.63) is 23.4 Å². The van der Waals surface area contributed by atoms with Crippen LogP contribution in [0.2, 0.25) is 0 Å². The maximum Gasteiger partial charge on any atom is 0.335 e. The van der Waals surface area contributed by atoms with Crippen molar-refractivity contribution < 1.29 is 14.6 Å². The van der Waals surface area contributed by atoms with Crippen LogP contribution in [0.4, 0.5) is 5.82 Å². The number of aromatic carboxylic acids is 1. The van der Waals surface area contributed by atoms with Crippen LogP contribution in [0.25, 0.3) is 0 Å². The number of hydrogen-bond acceptors (Lipinski definition) is 4. The van der Waals surface area contributed by atoms with Gasteiger partial charge in [0.1, 0.15) is 5.82 Å². The van der Waals surface area contributed by atoms with E-state index in [0.29, 0.717) is 17.3 Å². The van der Waals surface area contributed by atoms with E-state index in [2.05, 4.69) is 10.3 Å². The fourth-order valence-corrected chi connectivity index (χ4v) is 2.18. The van der Waals surface area contributed by atoms with Gasteiger partial charge in [0.15, 0.2) is 0 Å². The standard InChI is InChI=1S/C14H20N2O3/c1-2-12-7-11(14(17)18)8-13(16-12)15-9-10-3-5-19-6-4-10/h7-8,10H,2-6,9H2,1H3,(H,15,16)(H,17,18). The number of nitrogens with one attached hydrogen (secondary N) is 1. The van der Waals surface area contributed by atoms with Gasteiger partial charge < -0.3 is 15.2 Å². The molecule has 1 saturated heterocycles. The molecule has 1 aromatic heterocycles. The highest BCUT2D eigenvalue weighted by molar-refractivity contribution is 5.88. The second-order valence-electron chi connectivity index (χ2n) is 4.83. The quantitative estimate of drug-likeness (QED) is 0.853. The van der Waals surface area contributed by atoms with Crippen molar-refractivity contribution in [3.63, 3.8) is 0 Å². The lowest BCUT2D eigenvalue weighted by Crippen LogP contribution is -2.23. The molecule has 0 amide bonds. The molecule has 0 aromatic carbocycles. The molecule has 2 rings (SSSR count). The third-order valence-corrected chi connectivity index (χ3v) is 3.40. The van der Waals surface area contributed by atoms with Crippen molar-refractivity contribution in [2.75, 3.05) is 25.1 Å². The number of rotatable bonds is 5. The first kappa shape index (κ1) is 13.8. The highest BCUT2D eigenvalue weighted by Crippen LogP contribution is 2.17.